The second-order valence-corrected chi connectivity index (χ2v) is 4.72. The number of hydrogen-bond donors (Lipinski definition) is 1. The molecule has 0 bridgehead atoms. The van der Waals surface area contributed by atoms with E-state index in [1.165, 1.54) is 24.8 Å². The van der Waals surface area contributed by atoms with Crippen molar-refractivity contribution in [1.29, 1.82) is 0 Å². The zero-order valence-corrected chi connectivity index (χ0v) is 9.39. The van der Waals surface area contributed by atoms with E-state index in [9.17, 15) is 5.11 Å². The molecule has 0 aliphatic heterocycles. The fraction of sp³-hybridized carbons (Fsp3) is 0.571. The van der Waals surface area contributed by atoms with E-state index in [-0.39, 0.29) is 6.10 Å². The van der Waals surface area contributed by atoms with Gasteiger partial charge in [0.25, 0.3) is 0 Å². The van der Waals surface area contributed by atoms with Gasteiger partial charge < -0.3 is 5.11 Å². The Morgan fingerprint density at radius 1 is 1.13 bits per heavy atom. The fourth-order valence-corrected chi connectivity index (χ4v) is 2.73. The van der Waals surface area contributed by atoms with E-state index in [2.05, 4.69) is 31.2 Å². The molecule has 2 unspecified atom stereocenters. The molecule has 15 heavy (non-hydrogen) atoms. The maximum atomic E-state index is 10.0. The van der Waals surface area contributed by atoms with Gasteiger partial charge in [0.05, 0.1) is 6.10 Å². The molecule has 0 spiro atoms. The molecule has 1 fully saturated rings. The fourth-order valence-electron chi connectivity index (χ4n) is 2.73. The molecule has 2 rings (SSSR count). The summed E-state index contributed by atoms with van der Waals surface area (Å²) in [5.41, 5.74) is 1.36. The van der Waals surface area contributed by atoms with E-state index in [4.69, 9.17) is 0 Å². The first-order chi connectivity index (χ1) is 7.29. The molecule has 1 N–H and O–H groups in total. The van der Waals surface area contributed by atoms with Gasteiger partial charge in [-0.15, -0.1) is 0 Å². The number of aliphatic hydroxyl groups is 1. The summed E-state index contributed by atoms with van der Waals surface area (Å²) in [6.07, 6.45) is 4.55. The zero-order valence-electron chi connectivity index (χ0n) is 9.39. The molecular weight excluding hydrogens is 184 g/mol. The maximum Gasteiger partial charge on any atom is 0.0574 e. The van der Waals surface area contributed by atoms with Gasteiger partial charge in [0.15, 0.2) is 0 Å². The van der Waals surface area contributed by atoms with E-state index < -0.39 is 0 Å². The van der Waals surface area contributed by atoms with Crippen LogP contribution in [0.25, 0.3) is 0 Å². The van der Waals surface area contributed by atoms with Gasteiger partial charge in [0.1, 0.15) is 0 Å². The largest absolute Gasteiger partial charge is 0.393 e. The molecule has 0 aromatic heterocycles. The summed E-state index contributed by atoms with van der Waals surface area (Å²) in [6, 6.07) is 10.6. The van der Waals surface area contributed by atoms with Crippen molar-refractivity contribution in [2.45, 2.75) is 44.6 Å². The topological polar surface area (TPSA) is 20.2 Å². The number of rotatable bonds is 2. The molecule has 1 aromatic rings. The lowest BCUT2D eigenvalue weighted by Crippen LogP contribution is -2.28. The van der Waals surface area contributed by atoms with Crippen LogP contribution in [0.15, 0.2) is 30.3 Å². The van der Waals surface area contributed by atoms with E-state index in [0.29, 0.717) is 11.8 Å². The summed E-state index contributed by atoms with van der Waals surface area (Å²) in [5.74, 6) is 0.947. The minimum atomic E-state index is -0.0889. The Kier molecular flexibility index (Phi) is 3.42. The molecule has 82 valence electrons. The molecular formula is C14H20O. The standard InChI is InChI=1S/C14H20O/c1-11(12-7-3-2-4-8-12)13-9-5-6-10-14(13)15/h2-4,7-8,11,13-15H,5-6,9-10H2,1H3/t11?,13?,14-/m0/s1. The van der Waals surface area contributed by atoms with E-state index in [1.807, 2.05) is 6.07 Å². The molecule has 1 aromatic carbocycles. The summed E-state index contributed by atoms with van der Waals surface area (Å²) in [4.78, 5) is 0. The Morgan fingerprint density at radius 2 is 1.80 bits per heavy atom. The summed E-state index contributed by atoms with van der Waals surface area (Å²) >= 11 is 0. The first-order valence-corrected chi connectivity index (χ1v) is 6.02. The van der Waals surface area contributed by atoms with Crippen LogP contribution in [0.4, 0.5) is 0 Å². The number of hydrogen-bond acceptors (Lipinski definition) is 1. The molecule has 0 heterocycles. The Labute approximate surface area is 92.1 Å². The Balaban J connectivity index is 2.09. The third kappa shape index (κ3) is 2.40. The zero-order chi connectivity index (χ0) is 10.7. The van der Waals surface area contributed by atoms with Crippen molar-refractivity contribution in [1.82, 2.24) is 0 Å². The van der Waals surface area contributed by atoms with Crippen LogP contribution in [0.5, 0.6) is 0 Å². The third-order valence-electron chi connectivity index (χ3n) is 3.75. The molecule has 0 saturated heterocycles. The van der Waals surface area contributed by atoms with Crippen molar-refractivity contribution < 1.29 is 5.11 Å². The van der Waals surface area contributed by atoms with Crippen LogP contribution in [-0.2, 0) is 0 Å². The van der Waals surface area contributed by atoms with E-state index in [1.54, 1.807) is 0 Å². The predicted molar refractivity (Wildman–Crippen MR) is 62.8 cm³/mol. The second-order valence-electron chi connectivity index (χ2n) is 4.72. The highest BCUT2D eigenvalue weighted by Crippen LogP contribution is 2.35. The summed E-state index contributed by atoms with van der Waals surface area (Å²) < 4.78 is 0. The van der Waals surface area contributed by atoms with Crippen LogP contribution in [0.3, 0.4) is 0 Å². The average Bonchev–Trinajstić information content (AvgIpc) is 2.30. The highest BCUT2D eigenvalue weighted by atomic mass is 16.3. The highest BCUT2D eigenvalue weighted by Gasteiger charge is 2.28. The minimum Gasteiger partial charge on any atom is -0.393 e. The van der Waals surface area contributed by atoms with Gasteiger partial charge in [0, 0.05) is 0 Å². The minimum absolute atomic E-state index is 0.0889. The third-order valence-corrected chi connectivity index (χ3v) is 3.75. The van der Waals surface area contributed by atoms with Crippen LogP contribution in [-0.4, -0.2) is 11.2 Å². The van der Waals surface area contributed by atoms with Gasteiger partial charge in [-0.25, -0.2) is 0 Å². The lowest BCUT2D eigenvalue weighted by molar-refractivity contribution is 0.0579. The smallest absolute Gasteiger partial charge is 0.0574 e. The average molecular weight is 204 g/mol. The van der Waals surface area contributed by atoms with Gasteiger partial charge in [-0.05, 0) is 30.2 Å². The molecule has 1 aliphatic rings. The van der Waals surface area contributed by atoms with Crippen molar-refractivity contribution in [3.8, 4) is 0 Å². The molecule has 1 heteroatoms. The SMILES string of the molecule is CC(c1ccccc1)C1CCCC[C@@H]1O. The van der Waals surface area contributed by atoms with Crippen molar-refractivity contribution in [2.75, 3.05) is 0 Å². The summed E-state index contributed by atoms with van der Waals surface area (Å²) in [5, 5.41) is 10.0. The molecule has 1 nitrogen and oxygen atoms in total. The van der Waals surface area contributed by atoms with Crippen molar-refractivity contribution in [3.63, 3.8) is 0 Å². The molecule has 0 radical (unpaired) electrons. The van der Waals surface area contributed by atoms with Crippen molar-refractivity contribution >= 4 is 0 Å². The van der Waals surface area contributed by atoms with Crippen LogP contribution in [0.2, 0.25) is 0 Å². The van der Waals surface area contributed by atoms with E-state index in [0.717, 1.165) is 6.42 Å². The van der Waals surface area contributed by atoms with Crippen LogP contribution >= 0.6 is 0 Å². The van der Waals surface area contributed by atoms with Gasteiger partial charge >= 0.3 is 0 Å². The number of aliphatic hydroxyl groups excluding tert-OH is 1. The quantitative estimate of drug-likeness (QED) is 0.783. The van der Waals surface area contributed by atoms with Gasteiger partial charge in [-0.1, -0.05) is 50.1 Å². The Hall–Kier alpha value is -0.820. The monoisotopic (exact) mass is 204 g/mol. The van der Waals surface area contributed by atoms with Gasteiger partial charge in [-0.3, -0.25) is 0 Å². The highest BCUT2D eigenvalue weighted by molar-refractivity contribution is 5.20. The van der Waals surface area contributed by atoms with Crippen LogP contribution in [0.1, 0.15) is 44.1 Å². The first kappa shape index (κ1) is 10.7. The predicted octanol–water partition coefficient (Wildman–Crippen LogP) is 3.34. The first-order valence-electron chi connectivity index (χ1n) is 6.02. The molecule has 1 aliphatic carbocycles. The molecule has 1 saturated carbocycles. The summed E-state index contributed by atoms with van der Waals surface area (Å²) in [6.45, 7) is 2.24. The lowest BCUT2D eigenvalue weighted by atomic mass is 9.76. The Morgan fingerprint density at radius 3 is 2.47 bits per heavy atom. The van der Waals surface area contributed by atoms with Gasteiger partial charge in [0.2, 0.25) is 0 Å². The van der Waals surface area contributed by atoms with Crippen molar-refractivity contribution in [3.05, 3.63) is 35.9 Å². The maximum absolute atomic E-state index is 10.0. The molecule has 0 amide bonds. The second kappa shape index (κ2) is 4.80. The number of benzene rings is 1. The van der Waals surface area contributed by atoms with E-state index >= 15 is 0 Å². The van der Waals surface area contributed by atoms with Crippen LogP contribution in [0, 0.1) is 5.92 Å². The van der Waals surface area contributed by atoms with Crippen LogP contribution < -0.4 is 0 Å². The summed E-state index contributed by atoms with van der Waals surface area (Å²) in [7, 11) is 0. The Bertz CT molecular complexity index is 293. The van der Waals surface area contributed by atoms with Gasteiger partial charge in [-0.2, -0.15) is 0 Å². The molecule has 3 atom stereocenters. The van der Waals surface area contributed by atoms with Crippen molar-refractivity contribution in [2.24, 2.45) is 5.92 Å². The normalized spacial score (nSPS) is 28.7. The lowest BCUT2D eigenvalue weighted by Gasteiger charge is -2.32.